The maximum absolute atomic E-state index is 13.6. The molecule has 0 saturated heterocycles. The van der Waals surface area contributed by atoms with Gasteiger partial charge in [0.25, 0.3) is 0 Å². The molecule has 0 aliphatic heterocycles. The van der Waals surface area contributed by atoms with Crippen LogP contribution in [0.5, 0.6) is 0 Å². The molecule has 2 aromatic carbocycles. The lowest BCUT2D eigenvalue weighted by atomic mass is 10.0. The summed E-state index contributed by atoms with van der Waals surface area (Å²) in [4.78, 5) is 11.8. The lowest BCUT2D eigenvalue weighted by Crippen LogP contribution is -2.37. The maximum atomic E-state index is 13.6. The number of carbonyl (C=O) groups is 1. The minimum absolute atomic E-state index is 0.0371. The first-order valence-corrected chi connectivity index (χ1v) is 7.85. The van der Waals surface area contributed by atoms with Crippen LogP contribution in [-0.2, 0) is 6.54 Å². The summed E-state index contributed by atoms with van der Waals surface area (Å²) in [6.07, 6.45) is -0.831. The van der Waals surface area contributed by atoms with Gasteiger partial charge in [0.05, 0.1) is 17.7 Å². The summed E-state index contributed by atoms with van der Waals surface area (Å²) in [5.41, 5.74) is 3.34. The van der Waals surface area contributed by atoms with Gasteiger partial charge in [0.15, 0.2) is 0 Å². The molecule has 5 nitrogen and oxygen atoms in total. The van der Waals surface area contributed by atoms with Crippen LogP contribution in [-0.4, -0.2) is 17.7 Å². The van der Waals surface area contributed by atoms with Crippen LogP contribution in [0.15, 0.2) is 36.4 Å². The molecule has 0 radical (unpaired) electrons. The van der Waals surface area contributed by atoms with Gasteiger partial charge in [0.2, 0.25) is 0 Å². The molecule has 2 amide bonds. The topological polar surface area (TPSA) is 85.2 Å². The first-order chi connectivity index (χ1) is 11.9. The number of nitrogens with zero attached hydrogens (tertiary/aromatic N) is 1. The highest BCUT2D eigenvalue weighted by Gasteiger charge is 2.11. The van der Waals surface area contributed by atoms with Crippen molar-refractivity contribution in [2.45, 2.75) is 26.5 Å². The normalized spacial score (nSPS) is 11.5. The van der Waals surface area contributed by atoms with E-state index in [9.17, 15) is 14.3 Å². The third-order valence-corrected chi connectivity index (χ3v) is 3.70. The Kier molecular flexibility index (Phi) is 6.09. The molecule has 0 saturated carbocycles. The summed E-state index contributed by atoms with van der Waals surface area (Å²) >= 11 is 0. The molecule has 2 rings (SSSR count). The number of amides is 2. The summed E-state index contributed by atoms with van der Waals surface area (Å²) in [6, 6.07) is 11.1. The van der Waals surface area contributed by atoms with Crippen LogP contribution in [0, 0.1) is 31.0 Å². The number of nitriles is 1. The number of carbonyl (C=O) groups excluding carboxylic acids is 1. The minimum Gasteiger partial charge on any atom is -0.387 e. The van der Waals surface area contributed by atoms with Crippen molar-refractivity contribution in [2.24, 2.45) is 0 Å². The van der Waals surface area contributed by atoms with E-state index >= 15 is 0 Å². The highest BCUT2D eigenvalue weighted by Crippen LogP contribution is 2.16. The first-order valence-electron chi connectivity index (χ1n) is 7.85. The lowest BCUT2D eigenvalue weighted by Gasteiger charge is -2.14. The smallest absolute Gasteiger partial charge is 0.315 e. The lowest BCUT2D eigenvalue weighted by molar-refractivity contribution is 0.173. The molecule has 0 unspecified atom stereocenters. The maximum Gasteiger partial charge on any atom is 0.315 e. The van der Waals surface area contributed by atoms with E-state index in [1.165, 1.54) is 18.2 Å². The summed E-state index contributed by atoms with van der Waals surface area (Å²) in [5.74, 6) is -0.491. The molecule has 3 N–H and O–H groups in total. The average molecular weight is 341 g/mol. The van der Waals surface area contributed by atoms with E-state index in [-0.39, 0.29) is 18.7 Å². The number of aryl methyl sites for hydroxylation is 2. The first kappa shape index (κ1) is 18.4. The van der Waals surface area contributed by atoms with Gasteiger partial charge in [-0.05, 0) is 37.6 Å². The molecule has 130 valence electrons. The van der Waals surface area contributed by atoms with Crippen LogP contribution in [0.4, 0.5) is 9.18 Å². The van der Waals surface area contributed by atoms with E-state index in [1.54, 1.807) is 0 Å². The molecule has 0 spiro atoms. The second kappa shape index (κ2) is 8.27. The molecule has 0 aliphatic rings. The van der Waals surface area contributed by atoms with Crippen molar-refractivity contribution in [3.8, 4) is 6.07 Å². The van der Waals surface area contributed by atoms with Crippen LogP contribution in [0.1, 0.15) is 33.9 Å². The van der Waals surface area contributed by atoms with Crippen LogP contribution in [0.25, 0.3) is 0 Å². The molecule has 0 bridgehead atoms. The van der Waals surface area contributed by atoms with Crippen molar-refractivity contribution in [2.75, 3.05) is 6.54 Å². The predicted octanol–water partition coefficient (Wildman–Crippen LogP) is 2.85. The number of urea groups is 1. The number of hydrogen-bond donors (Lipinski definition) is 3. The highest BCUT2D eigenvalue weighted by atomic mass is 19.1. The third kappa shape index (κ3) is 5.30. The quantitative estimate of drug-likeness (QED) is 0.782. The van der Waals surface area contributed by atoms with Crippen LogP contribution in [0.3, 0.4) is 0 Å². The van der Waals surface area contributed by atoms with Crippen LogP contribution in [0.2, 0.25) is 0 Å². The Morgan fingerprint density at radius 3 is 2.52 bits per heavy atom. The van der Waals surface area contributed by atoms with Gasteiger partial charge in [0.1, 0.15) is 5.82 Å². The molecule has 1 atom stereocenters. The van der Waals surface area contributed by atoms with Crippen molar-refractivity contribution in [3.05, 3.63) is 70.0 Å². The molecule has 0 fully saturated rings. The number of aliphatic hydroxyl groups is 1. The molecular weight excluding hydrogens is 321 g/mol. The summed E-state index contributed by atoms with van der Waals surface area (Å²) in [5, 5.41) is 24.1. The Hall–Kier alpha value is -2.91. The fourth-order valence-electron chi connectivity index (χ4n) is 2.53. The Labute approximate surface area is 146 Å². The predicted molar refractivity (Wildman–Crippen MR) is 92.2 cm³/mol. The average Bonchev–Trinajstić information content (AvgIpc) is 2.58. The molecule has 0 aliphatic carbocycles. The van der Waals surface area contributed by atoms with Gasteiger partial charge in [-0.25, -0.2) is 9.18 Å². The van der Waals surface area contributed by atoms with Crippen molar-refractivity contribution in [3.63, 3.8) is 0 Å². The van der Waals surface area contributed by atoms with Gasteiger partial charge in [-0.2, -0.15) is 5.26 Å². The van der Waals surface area contributed by atoms with Gasteiger partial charge in [0, 0.05) is 18.7 Å². The largest absolute Gasteiger partial charge is 0.387 e. The Bertz CT molecular complexity index is 795. The zero-order chi connectivity index (χ0) is 18.4. The van der Waals surface area contributed by atoms with Crippen LogP contribution >= 0.6 is 0 Å². The highest BCUT2D eigenvalue weighted by molar-refractivity contribution is 5.73. The third-order valence-electron chi connectivity index (χ3n) is 3.70. The molecule has 6 heteroatoms. The van der Waals surface area contributed by atoms with Crippen LogP contribution < -0.4 is 10.6 Å². The molecule has 0 aromatic heterocycles. The van der Waals surface area contributed by atoms with Crippen molar-refractivity contribution < 1.29 is 14.3 Å². The van der Waals surface area contributed by atoms with Crippen molar-refractivity contribution >= 4 is 6.03 Å². The number of halogens is 1. The van der Waals surface area contributed by atoms with E-state index in [0.29, 0.717) is 5.56 Å². The Morgan fingerprint density at radius 2 is 1.88 bits per heavy atom. The van der Waals surface area contributed by atoms with Gasteiger partial charge >= 0.3 is 6.03 Å². The van der Waals surface area contributed by atoms with Gasteiger partial charge in [-0.3, -0.25) is 0 Å². The van der Waals surface area contributed by atoms with Crippen molar-refractivity contribution in [1.82, 2.24) is 10.6 Å². The Morgan fingerprint density at radius 1 is 1.20 bits per heavy atom. The Balaban J connectivity index is 1.87. The van der Waals surface area contributed by atoms with E-state index < -0.39 is 18.0 Å². The summed E-state index contributed by atoms with van der Waals surface area (Å²) in [7, 11) is 0. The number of rotatable bonds is 5. The summed E-state index contributed by atoms with van der Waals surface area (Å²) in [6.45, 7) is 3.86. The van der Waals surface area contributed by atoms with Crippen molar-refractivity contribution in [1.29, 1.82) is 5.26 Å². The number of nitrogens with one attached hydrogen (secondary N) is 2. The van der Waals surface area contributed by atoms with E-state index in [0.717, 1.165) is 16.7 Å². The standard InChI is InChI=1S/C19H20FN3O2/c1-12-5-13(2)7-15(6-12)18(24)11-23-19(25)22-10-16-8-14(9-21)3-4-17(16)20/h3-8,18,24H,10-11H2,1-2H3,(H2,22,23,25)/t18-/m1/s1. The second-order valence-electron chi connectivity index (χ2n) is 5.92. The molecular formula is C19H20FN3O2. The number of benzene rings is 2. The number of hydrogen-bond acceptors (Lipinski definition) is 3. The molecule has 2 aromatic rings. The second-order valence-corrected chi connectivity index (χ2v) is 5.92. The summed E-state index contributed by atoms with van der Waals surface area (Å²) < 4.78 is 13.6. The minimum atomic E-state index is -0.831. The van der Waals surface area contributed by atoms with Gasteiger partial charge in [-0.15, -0.1) is 0 Å². The molecule has 25 heavy (non-hydrogen) atoms. The number of aliphatic hydroxyl groups excluding tert-OH is 1. The van der Waals surface area contributed by atoms with E-state index in [4.69, 9.17) is 5.26 Å². The fraction of sp³-hybridized carbons (Fsp3) is 0.263. The van der Waals surface area contributed by atoms with Gasteiger partial charge < -0.3 is 15.7 Å². The van der Waals surface area contributed by atoms with Gasteiger partial charge in [-0.1, -0.05) is 29.3 Å². The monoisotopic (exact) mass is 341 g/mol. The zero-order valence-corrected chi connectivity index (χ0v) is 14.1. The van der Waals surface area contributed by atoms with E-state index in [2.05, 4.69) is 10.6 Å². The SMILES string of the molecule is Cc1cc(C)cc([C@H](O)CNC(=O)NCc2cc(C#N)ccc2F)c1. The zero-order valence-electron chi connectivity index (χ0n) is 14.1. The fourth-order valence-corrected chi connectivity index (χ4v) is 2.53. The van der Waals surface area contributed by atoms with E-state index in [1.807, 2.05) is 38.1 Å². The molecule has 0 heterocycles.